The van der Waals surface area contributed by atoms with Crippen LogP contribution in [0.15, 0.2) is 54.6 Å². The van der Waals surface area contributed by atoms with Gasteiger partial charge in [0.05, 0.1) is 12.5 Å². The molecule has 0 aliphatic heterocycles. The van der Waals surface area contributed by atoms with Gasteiger partial charge in [-0.3, -0.25) is 9.59 Å². The standard InChI is InChI=1S/C20H22ClN3O4/c1-13(19(26)24(2)16-6-4-3-5-7-16)28-18(25)12-17(23-20(22)27)14-8-10-15(21)11-9-14/h3-11,13,17H,12H2,1-2H3,(H3,22,23,27)/t13-,17+/m1/s1. The molecular weight excluding hydrogens is 382 g/mol. The molecule has 148 valence electrons. The van der Waals surface area contributed by atoms with Gasteiger partial charge in [0, 0.05) is 17.8 Å². The van der Waals surface area contributed by atoms with Crippen molar-refractivity contribution in [3.63, 3.8) is 0 Å². The second-order valence-corrected chi connectivity index (χ2v) is 6.62. The molecule has 0 saturated carbocycles. The van der Waals surface area contributed by atoms with Crippen LogP contribution in [-0.2, 0) is 14.3 Å². The molecule has 0 aliphatic rings. The molecular formula is C20H22ClN3O4. The van der Waals surface area contributed by atoms with E-state index < -0.39 is 24.1 Å². The summed E-state index contributed by atoms with van der Waals surface area (Å²) in [6, 6.07) is 14.2. The van der Waals surface area contributed by atoms with E-state index in [1.807, 2.05) is 18.2 Å². The lowest BCUT2D eigenvalue weighted by Crippen LogP contribution is -2.39. The SMILES string of the molecule is C[C@@H](OC(=O)C[C@H](NC(N)=O)c1ccc(Cl)cc1)C(=O)N(C)c1ccccc1. The summed E-state index contributed by atoms with van der Waals surface area (Å²) < 4.78 is 5.26. The number of halogens is 1. The first-order valence-electron chi connectivity index (χ1n) is 8.61. The molecule has 0 unspecified atom stereocenters. The Bertz CT molecular complexity index is 827. The van der Waals surface area contributed by atoms with Gasteiger partial charge in [-0.2, -0.15) is 0 Å². The number of nitrogens with zero attached hydrogens (tertiary/aromatic N) is 1. The number of benzene rings is 2. The van der Waals surface area contributed by atoms with Crippen molar-refractivity contribution in [1.82, 2.24) is 5.32 Å². The van der Waals surface area contributed by atoms with Crippen LogP contribution in [0.2, 0.25) is 5.02 Å². The molecule has 2 rings (SSSR count). The van der Waals surface area contributed by atoms with E-state index in [0.29, 0.717) is 16.3 Å². The topological polar surface area (TPSA) is 102 Å². The van der Waals surface area contributed by atoms with E-state index in [0.717, 1.165) is 0 Å². The highest BCUT2D eigenvalue weighted by molar-refractivity contribution is 6.30. The summed E-state index contributed by atoms with van der Waals surface area (Å²) in [6.07, 6.45) is -1.17. The van der Waals surface area contributed by atoms with Crippen molar-refractivity contribution in [1.29, 1.82) is 0 Å². The maximum atomic E-state index is 12.5. The van der Waals surface area contributed by atoms with Gasteiger partial charge < -0.3 is 20.7 Å². The van der Waals surface area contributed by atoms with Crippen molar-refractivity contribution in [3.05, 3.63) is 65.2 Å². The molecule has 0 bridgehead atoms. The summed E-state index contributed by atoms with van der Waals surface area (Å²) in [5.74, 6) is -1.01. The van der Waals surface area contributed by atoms with E-state index >= 15 is 0 Å². The van der Waals surface area contributed by atoms with Crippen LogP contribution < -0.4 is 16.0 Å². The van der Waals surface area contributed by atoms with Crippen LogP contribution in [-0.4, -0.2) is 31.1 Å². The second-order valence-electron chi connectivity index (χ2n) is 6.18. The van der Waals surface area contributed by atoms with Gasteiger partial charge in [0.15, 0.2) is 6.10 Å². The lowest BCUT2D eigenvalue weighted by Gasteiger charge is -2.23. The second kappa shape index (κ2) is 9.75. The molecule has 8 heteroatoms. The Hall–Kier alpha value is -3.06. The van der Waals surface area contributed by atoms with Crippen LogP contribution in [0.4, 0.5) is 10.5 Å². The molecule has 0 saturated heterocycles. The summed E-state index contributed by atoms with van der Waals surface area (Å²) in [5, 5.41) is 3.02. The maximum absolute atomic E-state index is 12.5. The molecule has 2 aromatic carbocycles. The zero-order valence-corrected chi connectivity index (χ0v) is 16.3. The number of nitrogens with two attached hydrogens (primary N) is 1. The fraction of sp³-hybridized carbons (Fsp3) is 0.250. The van der Waals surface area contributed by atoms with Crippen molar-refractivity contribution in [2.75, 3.05) is 11.9 Å². The average Bonchev–Trinajstić information content (AvgIpc) is 2.67. The fourth-order valence-electron chi connectivity index (χ4n) is 2.63. The summed E-state index contributed by atoms with van der Waals surface area (Å²) in [7, 11) is 1.60. The third-order valence-electron chi connectivity index (χ3n) is 4.09. The van der Waals surface area contributed by atoms with Crippen molar-refractivity contribution >= 4 is 35.2 Å². The number of urea groups is 1. The number of para-hydroxylation sites is 1. The molecule has 2 atom stereocenters. The predicted octanol–water partition coefficient (Wildman–Crippen LogP) is 3.03. The molecule has 7 nitrogen and oxygen atoms in total. The van der Waals surface area contributed by atoms with Gasteiger partial charge in [-0.15, -0.1) is 0 Å². The number of amides is 3. The molecule has 28 heavy (non-hydrogen) atoms. The van der Waals surface area contributed by atoms with Crippen LogP contribution in [0, 0.1) is 0 Å². The Morgan fingerprint density at radius 3 is 2.29 bits per heavy atom. The van der Waals surface area contributed by atoms with Crippen molar-refractivity contribution in [2.24, 2.45) is 5.73 Å². The summed E-state index contributed by atoms with van der Waals surface area (Å²) >= 11 is 5.87. The van der Waals surface area contributed by atoms with Crippen molar-refractivity contribution in [2.45, 2.75) is 25.5 Å². The van der Waals surface area contributed by atoms with Gasteiger partial charge in [0.1, 0.15) is 0 Å². The van der Waals surface area contributed by atoms with Gasteiger partial charge in [-0.25, -0.2) is 4.79 Å². The number of hydrogen-bond donors (Lipinski definition) is 2. The highest BCUT2D eigenvalue weighted by atomic mass is 35.5. The molecule has 0 aliphatic carbocycles. The number of rotatable bonds is 7. The molecule has 2 aromatic rings. The van der Waals surface area contributed by atoms with Crippen molar-refractivity contribution in [3.8, 4) is 0 Å². The molecule has 0 spiro atoms. The molecule has 0 fully saturated rings. The maximum Gasteiger partial charge on any atom is 0.312 e. The fourth-order valence-corrected chi connectivity index (χ4v) is 2.76. The minimum Gasteiger partial charge on any atom is -0.452 e. The Morgan fingerprint density at radius 1 is 1.11 bits per heavy atom. The molecule has 0 radical (unpaired) electrons. The van der Waals surface area contributed by atoms with Crippen LogP contribution in [0.3, 0.4) is 0 Å². The summed E-state index contributed by atoms with van der Waals surface area (Å²) in [5.41, 5.74) is 6.53. The van der Waals surface area contributed by atoms with E-state index in [4.69, 9.17) is 22.1 Å². The number of hydrogen-bond acceptors (Lipinski definition) is 4. The largest absolute Gasteiger partial charge is 0.452 e. The summed E-state index contributed by atoms with van der Waals surface area (Å²) in [6.45, 7) is 1.50. The first-order valence-corrected chi connectivity index (χ1v) is 8.99. The normalized spacial score (nSPS) is 12.5. The van der Waals surface area contributed by atoms with Crippen LogP contribution >= 0.6 is 11.6 Å². The lowest BCUT2D eigenvalue weighted by molar-refractivity contribution is -0.154. The number of carbonyl (C=O) groups is 3. The van der Waals surface area contributed by atoms with Gasteiger partial charge in [0.2, 0.25) is 0 Å². The number of likely N-dealkylation sites (N-methyl/N-ethyl adjacent to an activating group) is 1. The Balaban J connectivity index is 2.01. The van der Waals surface area contributed by atoms with Crippen molar-refractivity contribution < 1.29 is 19.1 Å². The van der Waals surface area contributed by atoms with E-state index in [1.165, 1.54) is 11.8 Å². The molecule has 3 amide bonds. The molecule has 0 aromatic heterocycles. The smallest absolute Gasteiger partial charge is 0.312 e. The van der Waals surface area contributed by atoms with Crippen LogP contribution in [0.1, 0.15) is 24.9 Å². The number of nitrogens with one attached hydrogen (secondary N) is 1. The third kappa shape index (κ3) is 5.99. The lowest BCUT2D eigenvalue weighted by atomic mass is 10.0. The number of esters is 1. The zero-order chi connectivity index (χ0) is 20.7. The van der Waals surface area contributed by atoms with Crippen LogP contribution in [0.5, 0.6) is 0 Å². The van der Waals surface area contributed by atoms with E-state index in [1.54, 1.807) is 43.4 Å². The van der Waals surface area contributed by atoms with E-state index in [9.17, 15) is 14.4 Å². The number of primary amides is 1. The molecule has 0 heterocycles. The van der Waals surface area contributed by atoms with E-state index in [-0.39, 0.29) is 12.3 Å². The Labute approximate surface area is 168 Å². The van der Waals surface area contributed by atoms with Gasteiger partial charge in [0.25, 0.3) is 5.91 Å². The monoisotopic (exact) mass is 403 g/mol. The first kappa shape index (κ1) is 21.2. The Kier molecular flexibility index (Phi) is 7.40. The van der Waals surface area contributed by atoms with E-state index in [2.05, 4.69) is 5.32 Å². The predicted molar refractivity (Wildman–Crippen MR) is 107 cm³/mol. The summed E-state index contributed by atoms with van der Waals surface area (Å²) in [4.78, 5) is 37.5. The number of anilines is 1. The Morgan fingerprint density at radius 2 is 1.71 bits per heavy atom. The first-order chi connectivity index (χ1) is 13.3. The quantitative estimate of drug-likeness (QED) is 0.693. The minimum atomic E-state index is -0.989. The minimum absolute atomic E-state index is 0.183. The third-order valence-corrected chi connectivity index (χ3v) is 4.34. The number of carbonyl (C=O) groups excluding carboxylic acids is 3. The highest BCUT2D eigenvalue weighted by Crippen LogP contribution is 2.21. The average molecular weight is 404 g/mol. The number of ether oxygens (including phenoxy) is 1. The van der Waals surface area contributed by atoms with Gasteiger partial charge in [-0.1, -0.05) is 41.9 Å². The highest BCUT2D eigenvalue weighted by Gasteiger charge is 2.25. The van der Waals surface area contributed by atoms with Crippen LogP contribution in [0.25, 0.3) is 0 Å². The molecule has 3 N–H and O–H groups in total. The van der Waals surface area contributed by atoms with Gasteiger partial charge in [-0.05, 0) is 36.8 Å². The van der Waals surface area contributed by atoms with Gasteiger partial charge >= 0.3 is 12.0 Å². The zero-order valence-electron chi connectivity index (χ0n) is 15.6.